The molecule has 0 spiro atoms. The average molecular weight is 489 g/mol. The number of aromatic nitrogens is 1. The highest BCUT2D eigenvalue weighted by Crippen LogP contribution is 2.59. The molecule has 168 valence electrons. The molecule has 2 aliphatic heterocycles. The Hall–Kier alpha value is -3.69. The first kappa shape index (κ1) is 20.9. The Morgan fingerprint density at radius 2 is 1.65 bits per heavy atom. The first-order valence-electron chi connectivity index (χ1n) is 10.6. The summed E-state index contributed by atoms with van der Waals surface area (Å²) in [5, 5.41) is 12.0. The van der Waals surface area contributed by atoms with E-state index in [0.717, 1.165) is 32.5 Å². The lowest BCUT2D eigenvalue weighted by molar-refractivity contribution is -0.385. The Morgan fingerprint density at radius 3 is 2.35 bits per heavy atom. The van der Waals surface area contributed by atoms with Crippen molar-refractivity contribution in [2.24, 2.45) is 5.92 Å². The van der Waals surface area contributed by atoms with Crippen molar-refractivity contribution in [3.63, 3.8) is 0 Å². The number of hydrogen-bond donors (Lipinski definition) is 0. The van der Waals surface area contributed by atoms with Crippen LogP contribution in [-0.2, 0) is 4.79 Å². The summed E-state index contributed by atoms with van der Waals surface area (Å²) in [4.78, 5) is 38.2. The van der Waals surface area contributed by atoms with E-state index in [1.165, 1.54) is 30.0 Å². The molecule has 0 radical (unpaired) electrons. The number of non-ortho nitro benzene ring substituents is 1. The second-order valence-electron chi connectivity index (χ2n) is 8.06. The van der Waals surface area contributed by atoms with Crippen LogP contribution >= 0.6 is 23.1 Å². The van der Waals surface area contributed by atoms with Gasteiger partial charge in [-0.1, -0.05) is 71.6 Å². The van der Waals surface area contributed by atoms with Crippen LogP contribution in [0.5, 0.6) is 5.75 Å². The van der Waals surface area contributed by atoms with Gasteiger partial charge >= 0.3 is 10.8 Å². The predicted octanol–water partition coefficient (Wildman–Crippen LogP) is 5.32. The Kier molecular flexibility index (Phi) is 4.89. The summed E-state index contributed by atoms with van der Waals surface area (Å²) in [6, 6.07) is 23.3. The SMILES string of the molecule is O=C1Oc2ccc([N+](=O)[O-])cc2[C@H]2c3sc(=O)n(-c4ccccc4)c3S[C@@H](c3ccccc3)[C@@H]12. The molecule has 0 amide bonds. The van der Waals surface area contributed by atoms with Crippen molar-refractivity contribution in [3.8, 4) is 11.4 Å². The van der Waals surface area contributed by atoms with E-state index in [9.17, 15) is 19.7 Å². The molecule has 3 heterocycles. The van der Waals surface area contributed by atoms with Crippen molar-refractivity contribution >= 4 is 34.8 Å². The van der Waals surface area contributed by atoms with Gasteiger partial charge in [-0.25, -0.2) is 0 Å². The second kappa shape index (κ2) is 7.96. The molecule has 3 atom stereocenters. The number of rotatable bonds is 3. The van der Waals surface area contributed by atoms with Crippen LogP contribution in [0.2, 0.25) is 0 Å². The maximum atomic E-state index is 13.3. The van der Waals surface area contributed by atoms with Gasteiger partial charge in [0.15, 0.2) is 0 Å². The number of nitro groups is 1. The van der Waals surface area contributed by atoms with Crippen molar-refractivity contribution < 1.29 is 14.5 Å². The number of ether oxygens (including phenoxy) is 1. The summed E-state index contributed by atoms with van der Waals surface area (Å²) in [7, 11) is 0. The highest BCUT2D eigenvalue weighted by atomic mass is 32.2. The zero-order chi connectivity index (χ0) is 23.4. The lowest BCUT2D eigenvalue weighted by Gasteiger charge is -2.39. The number of nitrogens with zero attached hydrogens (tertiary/aromatic N) is 2. The van der Waals surface area contributed by atoms with Crippen molar-refractivity contribution in [2.45, 2.75) is 16.2 Å². The van der Waals surface area contributed by atoms with Gasteiger partial charge in [0.2, 0.25) is 0 Å². The van der Waals surface area contributed by atoms with Gasteiger partial charge in [0, 0.05) is 28.5 Å². The number of para-hydroxylation sites is 1. The number of fused-ring (bicyclic) bond motifs is 5. The number of nitro benzene ring substituents is 1. The standard InChI is InChI=1S/C25H16N2O5S2/c28-24-20-19(17-13-16(27(30)31)11-12-18(17)32-24)22-23(33-21(20)14-7-3-1-4-8-14)26(25(29)34-22)15-9-5-2-6-10-15/h1-13,19-21H/t19-,20+,21+/m1/s1. The number of hydrogen-bond acceptors (Lipinski definition) is 7. The number of thiazole rings is 1. The maximum absolute atomic E-state index is 13.3. The highest BCUT2D eigenvalue weighted by molar-refractivity contribution is 7.99. The average Bonchev–Trinajstić information content (AvgIpc) is 3.19. The van der Waals surface area contributed by atoms with Crippen LogP contribution < -0.4 is 9.61 Å². The minimum Gasteiger partial charge on any atom is -0.426 e. The zero-order valence-electron chi connectivity index (χ0n) is 17.5. The number of carbonyl (C=O) groups is 1. The molecule has 0 bridgehead atoms. The molecule has 3 aromatic carbocycles. The van der Waals surface area contributed by atoms with Gasteiger partial charge in [0.05, 0.1) is 26.8 Å². The summed E-state index contributed by atoms with van der Waals surface area (Å²) >= 11 is 2.55. The number of thioether (sulfide) groups is 1. The fourth-order valence-electron chi connectivity index (χ4n) is 4.69. The van der Waals surface area contributed by atoms with Crippen molar-refractivity contribution in [2.75, 3.05) is 0 Å². The van der Waals surface area contributed by atoms with E-state index in [-0.39, 0.29) is 15.8 Å². The largest absolute Gasteiger partial charge is 0.426 e. The van der Waals surface area contributed by atoms with Crippen LogP contribution in [0, 0.1) is 16.0 Å². The summed E-state index contributed by atoms with van der Waals surface area (Å²) < 4.78 is 7.34. The highest BCUT2D eigenvalue weighted by Gasteiger charge is 2.50. The third-order valence-corrected chi connectivity index (χ3v) is 8.76. The van der Waals surface area contributed by atoms with Gasteiger partial charge in [-0.3, -0.25) is 24.3 Å². The molecule has 9 heteroatoms. The Labute approximate surface area is 201 Å². The van der Waals surface area contributed by atoms with Gasteiger partial charge < -0.3 is 4.74 Å². The summed E-state index contributed by atoms with van der Waals surface area (Å²) in [6.07, 6.45) is 0. The van der Waals surface area contributed by atoms with E-state index in [4.69, 9.17) is 4.74 Å². The summed E-state index contributed by atoms with van der Waals surface area (Å²) in [6.45, 7) is 0. The molecule has 0 N–H and O–H groups in total. The predicted molar refractivity (Wildman–Crippen MR) is 129 cm³/mol. The summed E-state index contributed by atoms with van der Waals surface area (Å²) in [5.41, 5.74) is 2.14. The molecular weight excluding hydrogens is 472 g/mol. The van der Waals surface area contributed by atoms with E-state index in [0.29, 0.717) is 11.3 Å². The van der Waals surface area contributed by atoms with Crippen LogP contribution in [0.1, 0.15) is 27.2 Å². The van der Waals surface area contributed by atoms with Crippen LogP contribution in [0.15, 0.2) is 88.7 Å². The number of benzene rings is 3. The second-order valence-corrected chi connectivity index (χ2v) is 10.2. The molecule has 0 saturated carbocycles. The monoisotopic (exact) mass is 488 g/mol. The molecule has 0 saturated heterocycles. The topological polar surface area (TPSA) is 91.4 Å². The molecule has 0 aliphatic carbocycles. The quantitative estimate of drug-likeness (QED) is 0.168. The molecule has 0 unspecified atom stereocenters. The van der Waals surface area contributed by atoms with Gasteiger partial charge in [0.1, 0.15) is 5.75 Å². The third kappa shape index (κ3) is 3.19. The molecule has 2 aliphatic rings. The fraction of sp³-hybridized carbons (Fsp3) is 0.120. The molecule has 6 rings (SSSR count). The van der Waals surface area contributed by atoms with E-state index >= 15 is 0 Å². The van der Waals surface area contributed by atoms with E-state index in [2.05, 4.69) is 0 Å². The van der Waals surface area contributed by atoms with Crippen molar-refractivity contribution in [1.29, 1.82) is 0 Å². The lowest BCUT2D eigenvalue weighted by Crippen LogP contribution is -2.37. The van der Waals surface area contributed by atoms with E-state index in [1.54, 1.807) is 4.57 Å². The number of carbonyl (C=O) groups excluding carboxylic acids is 1. The zero-order valence-corrected chi connectivity index (χ0v) is 19.1. The minimum atomic E-state index is -0.628. The fourth-order valence-corrected chi connectivity index (χ4v) is 7.56. The van der Waals surface area contributed by atoms with Crippen molar-refractivity contribution in [1.82, 2.24) is 4.57 Å². The van der Waals surface area contributed by atoms with Crippen LogP contribution in [0.3, 0.4) is 0 Å². The van der Waals surface area contributed by atoms with Gasteiger partial charge in [0.25, 0.3) is 5.69 Å². The molecule has 7 nitrogen and oxygen atoms in total. The van der Waals surface area contributed by atoms with Crippen LogP contribution in [0.4, 0.5) is 5.69 Å². The van der Waals surface area contributed by atoms with Gasteiger partial charge in [-0.2, -0.15) is 0 Å². The van der Waals surface area contributed by atoms with Gasteiger partial charge in [-0.05, 0) is 23.8 Å². The Balaban J connectivity index is 1.63. The van der Waals surface area contributed by atoms with Crippen LogP contribution in [0.25, 0.3) is 5.69 Å². The van der Waals surface area contributed by atoms with Crippen molar-refractivity contribution in [3.05, 3.63) is 115 Å². The Morgan fingerprint density at radius 1 is 0.941 bits per heavy atom. The third-order valence-electron chi connectivity index (χ3n) is 6.16. The lowest BCUT2D eigenvalue weighted by atomic mass is 9.78. The molecule has 1 aromatic heterocycles. The molecule has 34 heavy (non-hydrogen) atoms. The summed E-state index contributed by atoms with van der Waals surface area (Å²) in [5.74, 6) is -1.25. The van der Waals surface area contributed by atoms with Gasteiger partial charge in [-0.15, -0.1) is 0 Å². The van der Waals surface area contributed by atoms with E-state index in [1.807, 2.05) is 60.7 Å². The normalized spacial score (nSPS) is 20.6. The first-order valence-corrected chi connectivity index (χ1v) is 12.3. The Bertz CT molecular complexity index is 1500. The maximum Gasteiger partial charge on any atom is 0.316 e. The minimum absolute atomic E-state index is 0.0821. The van der Waals surface area contributed by atoms with Crippen LogP contribution in [-0.4, -0.2) is 15.5 Å². The number of esters is 1. The molecule has 0 fully saturated rings. The van der Waals surface area contributed by atoms with E-state index < -0.39 is 22.7 Å². The molecular formula is C25H16N2O5S2. The smallest absolute Gasteiger partial charge is 0.316 e. The molecule has 4 aromatic rings. The first-order chi connectivity index (χ1) is 16.5.